The standard InChI is InChI=1S/C11H15F9/c1-2-3-4-5-6-7-8(12,10(15,16)17)9(13,14)11(18,19)20/h2-7H2,1H3. The Labute approximate surface area is 110 Å². The normalized spacial score (nSPS) is 17.1. The van der Waals surface area contributed by atoms with Crippen molar-refractivity contribution >= 4 is 0 Å². The fraction of sp³-hybridized carbons (Fsp3) is 1.00. The van der Waals surface area contributed by atoms with Gasteiger partial charge in [0.25, 0.3) is 5.67 Å². The first-order chi connectivity index (χ1) is 8.81. The fourth-order valence-corrected chi connectivity index (χ4v) is 1.67. The third-order valence-corrected chi connectivity index (χ3v) is 2.93. The van der Waals surface area contributed by atoms with E-state index in [4.69, 9.17) is 0 Å². The van der Waals surface area contributed by atoms with Gasteiger partial charge in [0.05, 0.1) is 0 Å². The van der Waals surface area contributed by atoms with Crippen LogP contribution in [0.3, 0.4) is 0 Å². The molecule has 0 amide bonds. The quantitative estimate of drug-likeness (QED) is 0.410. The van der Waals surface area contributed by atoms with Gasteiger partial charge in [0.2, 0.25) is 0 Å². The van der Waals surface area contributed by atoms with E-state index in [0.29, 0.717) is 19.3 Å². The summed E-state index contributed by atoms with van der Waals surface area (Å²) in [6.07, 6.45) is -13.9. The van der Waals surface area contributed by atoms with Gasteiger partial charge in [-0.1, -0.05) is 32.6 Å². The van der Waals surface area contributed by atoms with Crippen LogP contribution in [0.2, 0.25) is 0 Å². The number of unbranched alkanes of at least 4 members (excludes halogenated alkanes) is 4. The zero-order valence-electron chi connectivity index (χ0n) is 10.6. The predicted molar refractivity (Wildman–Crippen MR) is 54.3 cm³/mol. The molecule has 0 saturated heterocycles. The van der Waals surface area contributed by atoms with Crippen LogP contribution in [0, 0.1) is 0 Å². The van der Waals surface area contributed by atoms with E-state index >= 15 is 0 Å². The molecule has 0 rings (SSSR count). The number of halogens is 9. The van der Waals surface area contributed by atoms with Crippen molar-refractivity contribution < 1.29 is 39.5 Å². The average molecular weight is 318 g/mol. The van der Waals surface area contributed by atoms with E-state index in [1.165, 1.54) is 0 Å². The predicted octanol–water partition coefficient (Wildman–Crippen LogP) is 5.82. The maximum atomic E-state index is 13.5. The highest BCUT2D eigenvalue weighted by molar-refractivity contribution is 5.03. The first-order valence-electron chi connectivity index (χ1n) is 6.01. The SMILES string of the molecule is CCCCCCCC(F)(C(F)(F)F)C(F)(F)C(F)(F)F. The number of hydrogen-bond donors (Lipinski definition) is 0. The Morgan fingerprint density at radius 1 is 0.600 bits per heavy atom. The van der Waals surface area contributed by atoms with E-state index in [9.17, 15) is 39.5 Å². The number of alkyl halides is 9. The summed E-state index contributed by atoms with van der Waals surface area (Å²) in [7, 11) is 0. The Morgan fingerprint density at radius 3 is 1.40 bits per heavy atom. The van der Waals surface area contributed by atoms with Gasteiger partial charge in [0, 0.05) is 0 Å². The van der Waals surface area contributed by atoms with E-state index in [0.717, 1.165) is 0 Å². The second-order valence-corrected chi connectivity index (χ2v) is 4.54. The van der Waals surface area contributed by atoms with E-state index < -0.39 is 36.8 Å². The zero-order valence-corrected chi connectivity index (χ0v) is 10.6. The smallest absolute Gasteiger partial charge is 0.227 e. The largest absolute Gasteiger partial charge is 0.457 e. The molecular weight excluding hydrogens is 303 g/mol. The molecule has 0 bridgehead atoms. The molecule has 122 valence electrons. The van der Waals surface area contributed by atoms with Crippen LogP contribution in [0.4, 0.5) is 39.5 Å². The second-order valence-electron chi connectivity index (χ2n) is 4.54. The van der Waals surface area contributed by atoms with Crippen molar-refractivity contribution in [2.75, 3.05) is 0 Å². The summed E-state index contributed by atoms with van der Waals surface area (Å²) in [6.45, 7) is 1.77. The fourth-order valence-electron chi connectivity index (χ4n) is 1.67. The van der Waals surface area contributed by atoms with Gasteiger partial charge in [0.15, 0.2) is 0 Å². The van der Waals surface area contributed by atoms with Crippen molar-refractivity contribution in [3.05, 3.63) is 0 Å². The average Bonchev–Trinajstić information content (AvgIpc) is 2.25. The zero-order chi connectivity index (χ0) is 16.2. The minimum absolute atomic E-state index is 0.0382. The lowest BCUT2D eigenvalue weighted by molar-refractivity contribution is -0.384. The van der Waals surface area contributed by atoms with Gasteiger partial charge in [-0.3, -0.25) is 0 Å². The first kappa shape index (κ1) is 19.4. The minimum atomic E-state index is -6.60. The molecule has 0 saturated carbocycles. The van der Waals surface area contributed by atoms with Crippen molar-refractivity contribution in [1.82, 2.24) is 0 Å². The van der Waals surface area contributed by atoms with E-state index in [2.05, 4.69) is 0 Å². The highest BCUT2D eigenvalue weighted by Crippen LogP contribution is 2.54. The number of hydrogen-bond acceptors (Lipinski definition) is 0. The van der Waals surface area contributed by atoms with E-state index in [1.807, 2.05) is 0 Å². The molecule has 0 heterocycles. The van der Waals surface area contributed by atoms with Crippen LogP contribution in [0.15, 0.2) is 0 Å². The monoisotopic (exact) mass is 318 g/mol. The highest BCUT2D eigenvalue weighted by atomic mass is 19.4. The first-order valence-corrected chi connectivity index (χ1v) is 6.01. The van der Waals surface area contributed by atoms with Gasteiger partial charge in [-0.2, -0.15) is 35.1 Å². The summed E-state index contributed by atoms with van der Waals surface area (Å²) >= 11 is 0. The Balaban J connectivity index is 5.05. The summed E-state index contributed by atoms with van der Waals surface area (Å²) in [4.78, 5) is 0. The van der Waals surface area contributed by atoms with E-state index in [1.54, 1.807) is 6.92 Å². The lowest BCUT2D eigenvalue weighted by Gasteiger charge is -2.35. The van der Waals surface area contributed by atoms with Crippen molar-refractivity contribution in [3.8, 4) is 0 Å². The molecule has 0 aromatic rings. The van der Waals surface area contributed by atoms with Crippen LogP contribution >= 0.6 is 0 Å². The molecule has 0 aliphatic carbocycles. The summed E-state index contributed by atoms with van der Waals surface area (Å²) in [5.41, 5.74) is -5.59. The lowest BCUT2D eigenvalue weighted by atomic mass is 9.89. The van der Waals surface area contributed by atoms with Crippen LogP contribution in [0.5, 0.6) is 0 Å². The second kappa shape index (κ2) is 6.43. The Bertz CT molecular complexity index is 291. The van der Waals surface area contributed by atoms with Gasteiger partial charge in [-0.15, -0.1) is 0 Å². The summed E-state index contributed by atoms with van der Waals surface area (Å²) < 4.78 is 112. The Hall–Kier alpha value is -0.630. The molecule has 0 aromatic carbocycles. The molecule has 20 heavy (non-hydrogen) atoms. The van der Waals surface area contributed by atoms with Crippen LogP contribution < -0.4 is 0 Å². The van der Waals surface area contributed by atoms with Crippen LogP contribution in [-0.4, -0.2) is 23.9 Å². The Morgan fingerprint density at radius 2 is 1.05 bits per heavy atom. The maximum absolute atomic E-state index is 13.5. The van der Waals surface area contributed by atoms with Gasteiger partial charge >= 0.3 is 18.3 Å². The van der Waals surface area contributed by atoms with Crippen LogP contribution in [0.25, 0.3) is 0 Å². The molecule has 0 nitrogen and oxygen atoms in total. The van der Waals surface area contributed by atoms with Gasteiger partial charge in [-0.05, 0) is 12.8 Å². The molecule has 0 fully saturated rings. The molecule has 0 aromatic heterocycles. The molecule has 1 unspecified atom stereocenters. The topological polar surface area (TPSA) is 0 Å². The van der Waals surface area contributed by atoms with Gasteiger partial charge < -0.3 is 0 Å². The third kappa shape index (κ3) is 3.94. The van der Waals surface area contributed by atoms with Crippen molar-refractivity contribution in [2.45, 2.75) is 69.4 Å². The summed E-state index contributed by atoms with van der Waals surface area (Å²) in [5.74, 6) is -6.47. The minimum Gasteiger partial charge on any atom is -0.227 e. The molecule has 0 spiro atoms. The van der Waals surface area contributed by atoms with Crippen LogP contribution in [0.1, 0.15) is 45.4 Å². The third-order valence-electron chi connectivity index (χ3n) is 2.93. The molecule has 1 atom stereocenters. The van der Waals surface area contributed by atoms with E-state index in [-0.39, 0.29) is 6.42 Å². The van der Waals surface area contributed by atoms with Gasteiger partial charge in [-0.25, -0.2) is 4.39 Å². The maximum Gasteiger partial charge on any atom is 0.457 e. The molecule has 0 N–H and O–H groups in total. The van der Waals surface area contributed by atoms with Crippen molar-refractivity contribution in [3.63, 3.8) is 0 Å². The molecule has 0 aliphatic heterocycles. The lowest BCUT2D eigenvalue weighted by Crippen LogP contribution is -2.62. The highest BCUT2D eigenvalue weighted by Gasteiger charge is 2.80. The van der Waals surface area contributed by atoms with Crippen molar-refractivity contribution in [1.29, 1.82) is 0 Å². The van der Waals surface area contributed by atoms with Crippen LogP contribution in [-0.2, 0) is 0 Å². The molecular formula is C11H15F9. The van der Waals surface area contributed by atoms with Gasteiger partial charge in [0.1, 0.15) is 0 Å². The van der Waals surface area contributed by atoms with Crippen molar-refractivity contribution in [2.24, 2.45) is 0 Å². The summed E-state index contributed by atoms with van der Waals surface area (Å²) in [5, 5.41) is 0. The number of rotatable bonds is 7. The summed E-state index contributed by atoms with van der Waals surface area (Å²) in [6, 6.07) is 0. The molecule has 0 radical (unpaired) electrons. The molecule has 0 aliphatic rings. The Kier molecular flexibility index (Phi) is 6.22. The molecule has 9 heteroatoms.